The minimum absolute atomic E-state index is 0.281. The third-order valence-electron chi connectivity index (χ3n) is 3.64. The van der Waals surface area contributed by atoms with Gasteiger partial charge in [-0.3, -0.25) is 14.8 Å². The quantitative estimate of drug-likeness (QED) is 0.461. The number of hydroxylamine groups is 1. The van der Waals surface area contributed by atoms with E-state index in [0.717, 1.165) is 12.8 Å². The first-order valence-electron chi connectivity index (χ1n) is 8.84. The summed E-state index contributed by atoms with van der Waals surface area (Å²) >= 11 is 0. The van der Waals surface area contributed by atoms with Crippen LogP contribution >= 0.6 is 0 Å². The summed E-state index contributed by atoms with van der Waals surface area (Å²) in [6.45, 7) is 5.12. The fourth-order valence-corrected chi connectivity index (χ4v) is 2.28. The predicted octanol–water partition coefficient (Wildman–Crippen LogP) is 3.64. The Kier molecular flexibility index (Phi) is 7.63. The van der Waals surface area contributed by atoms with Crippen LogP contribution in [0.15, 0.2) is 42.5 Å². The lowest BCUT2D eigenvalue weighted by Gasteiger charge is -2.13. The fourth-order valence-electron chi connectivity index (χ4n) is 2.28. The molecule has 2 rings (SSSR count). The van der Waals surface area contributed by atoms with Crippen molar-refractivity contribution in [3.63, 3.8) is 0 Å². The molecule has 144 valence electrons. The van der Waals surface area contributed by atoms with Gasteiger partial charge in [0.15, 0.2) is 11.5 Å². The first-order chi connectivity index (χ1) is 13.1. The van der Waals surface area contributed by atoms with Crippen LogP contribution in [0.3, 0.4) is 0 Å². The molecular formula is C20H24N2O5. The van der Waals surface area contributed by atoms with E-state index in [1.807, 2.05) is 13.8 Å². The van der Waals surface area contributed by atoms with Crippen molar-refractivity contribution in [1.29, 1.82) is 0 Å². The van der Waals surface area contributed by atoms with Gasteiger partial charge in [0.25, 0.3) is 11.8 Å². The van der Waals surface area contributed by atoms with Crippen molar-refractivity contribution in [1.82, 2.24) is 5.48 Å². The fraction of sp³-hybridized carbons (Fsp3) is 0.300. The first kappa shape index (κ1) is 20.3. The zero-order valence-corrected chi connectivity index (χ0v) is 15.5. The zero-order chi connectivity index (χ0) is 19.6. The van der Waals surface area contributed by atoms with Crippen molar-refractivity contribution < 1.29 is 24.3 Å². The minimum atomic E-state index is -0.617. The summed E-state index contributed by atoms with van der Waals surface area (Å²) < 4.78 is 11.4. The van der Waals surface area contributed by atoms with Crippen molar-refractivity contribution in [2.75, 3.05) is 18.5 Å². The highest BCUT2D eigenvalue weighted by molar-refractivity contribution is 6.05. The number of amides is 2. The maximum atomic E-state index is 12.5. The average Bonchev–Trinajstić information content (AvgIpc) is 2.70. The molecule has 0 spiro atoms. The van der Waals surface area contributed by atoms with Crippen LogP contribution in [0, 0.1) is 0 Å². The Bertz CT molecular complexity index is 774. The molecule has 0 saturated heterocycles. The average molecular weight is 372 g/mol. The molecule has 0 bridgehead atoms. The summed E-state index contributed by atoms with van der Waals surface area (Å²) in [6.07, 6.45) is 1.72. The smallest absolute Gasteiger partial charge is 0.274 e. The van der Waals surface area contributed by atoms with Gasteiger partial charge >= 0.3 is 0 Å². The number of nitrogens with one attached hydrogen (secondary N) is 2. The van der Waals surface area contributed by atoms with Gasteiger partial charge in [0, 0.05) is 16.8 Å². The molecule has 0 aliphatic heterocycles. The van der Waals surface area contributed by atoms with Crippen molar-refractivity contribution in [2.24, 2.45) is 0 Å². The molecule has 2 amide bonds. The van der Waals surface area contributed by atoms with Gasteiger partial charge in [0.2, 0.25) is 0 Å². The van der Waals surface area contributed by atoms with Crippen molar-refractivity contribution in [3.05, 3.63) is 53.6 Å². The predicted molar refractivity (Wildman–Crippen MR) is 102 cm³/mol. The minimum Gasteiger partial charge on any atom is -0.490 e. The maximum absolute atomic E-state index is 12.5. The van der Waals surface area contributed by atoms with Gasteiger partial charge in [-0.15, -0.1) is 0 Å². The van der Waals surface area contributed by atoms with Crippen molar-refractivity contribution in [2.45, 2.75) is 26.7 Å². The van der Waals surface area contributed by atoms with Gasteiger partial charge < -0.3 is 14.8 Å². The Morgan fingerprint density at radius 1 is 0.852 bits per heavy atom. The van der Waals surface area contributed by atoms with E-state index < -0.39 is 5.91 Å². The number of ether oxygens (including phenoxy) is 2. The zero-order valence-electron chi connectivity index (χ0n) is 15.5. The molecule has 0 atom stereocenters. The summed E-state index contributed by atoms with van der Waals surface area (Å²) in [5.74, 6) is 0.222. The Morgan fingerprint density at radius 3 is 2.04 bits per heavy atom. The molecule has 7 nitrogen and oxygen atoms in total. The molecule has 2 aromatic carbocycles. The lowest BCUT2D eigenvalue weighted by Crippen LogP contribution is -2.18. The van der Waals surface area contributed by atoms with Crippen LogP contribution in [0.5, 0.6) is 11.5 Å². The number of rotatable bonds is 9. The molecule has 7 heteroatoms. The van der Waals surface area contributed by atoms with Crippen LogP contribution in [0.4, 0.5) is 5.69 Å². The molecule has 0 aliphatic carbocycles. The SMILES string of the molecule is CCCOc1ccc(C(=O)Nc2ccc(C(=O)NO)cc2)cc1OCCC. The second-order valence-electron chi connectivity index (χ2n) is 5.83. The number of hydrogen-bond donors (Lipinski definition) is 3. The molecule has 0 radical (unpaired) electrons. The summed E-state index contributed by atoms with van der Waals surface area (Å²) in [5, 5.41) is 11.4. The van der Waals surface area contributed by atoms with E-state index in [1.165, 1.54) is 12.1 Å². The Balaban J connectivity index is 2.13. The second-order valence-corrected chi connectivity index (χ2v) is 5.83. The van der Waals surface area contributed by atoms with Crippen LogP contribution in [0.25, 0.3) is 0 Å². The third-order valence-corrected chi connectivity index (χ3v) is 3.64. The Hall–Kier alpha value is -3.06. The molecule has 27 heavy (non-hydrogen) atoms. The molecule has 0 saturated carbocycles. The molecule has 3 N–H and O–H groups in total. The summed E-state index contributed by atoms with van der Waals surface area (Å²) in [4.78, 5) is 23.8. The molecule has 0 aromatic heterocycles. The number of anilines is 1. The number of carbonyl (C=O) groups is 2. The highest BCUT2D eigenvalue weighted by Gasteiger charge is 2.13. The standard InChI is InChI=1S/C20H24N2O5/c1-3-11-26-17-10-7-15(13-18(17)27-12-4-2)19(23)21-16-8-5-14(6-9-16)20(24)22-25/h5-10,13,25H,3-4,11-12H2,1-2H3,(H,21,23)(H,22,24). The number of carbonyl (C=O) groups excluding carboxylic acids is 2. The topological polar surface area (TPSA) is 96.9 Å². The van der Waals surface area contributed by atoms with E-state index in [9.17, 15) is 9.59 Å². The van der Waals surface area contributed by atoms with Gasteiger partial charge in [-0.1, -0.05) is 13.8 Å². The van der Waals surface area contributed by atoms with Crippen LogP contribution < -0.4 is 20.3 Å². The van der Waals surface area contributed by atoms with Crippen molar-refractivity contribution >= 4 is 17.5 Å². The lowest BCUT2D eigenvalue weighted by atomic mass is 10.1. The Morgan fingerprint density at radius 2 is 1.44 bits per heavy atom. The van der Waals surface area contributed by atoms with Gasteiger partial charge in [-0.05, 0) is 55.3 Å². The van der Waals surface area contributed by atoms with E-state index >= 15 is 0 Å². The summed E-state index contributed by atoms with van der Waals surface area (Å²) in [7, 11) is 0. The first-order valence-corrected chi connectivity index (χ1v) is 8.84. The van der Waals surface area contributed by atoms with Gasteiger partial charge in [0.1, 0.15) is 0 Å². The van der Waals surface area contributed by atoms with E-state index in [0.29, 0.717) is 36.0 Å². The monoisotopic (exact) mass is 372 g/mol. The summed E-state index contributed by atoms with van der Waals surface area (Å²) in [5.41, 5.74) is 2.80. The van der Waals surface area contributed by atoms with E-state index in [4.69, 9.17) is 14.7 Å². The molecule has 0 fully saturated rings. The molecule has 0 aliphatic rings. The van der Waals surface area contributed by atoms with Gasteiger partial charge in [-0.2, -0.15) is 0 Å². The number of benzene rings is 2. The normalized spacial score (nSPS) is 10.2. The lowest BCUT2D eigenvalue weighted by molar-refractivity contribution is 0.0706. The molecule has 2 aromatic rings. The van der Waals surface area contributed by atoms with Crippen LogP contribution in [-0.2, 0) is 0 Å². The van der Waals surface area contributed by atoms with Gasteiger partial charge in [0.05, 0.1) is 13.2 Å². The second kappa shape index (κ2) is 10.2. The molecule has 0 heterocycles. The molecule has 0 unspecified atom stereocenters. The van der Waals surface area contributed by atoms with E-state index in [2.05, 4.69) is 5.32 Å². The Labute approximate surface area is 158 Å². The van der Waals surface area contributed by atoms with Crippen molar-refractivity contribution in [3.8, 4) is 11.5 Å². The highest BCUT2D eigenvalue weighted by Crippen LogP contribution is 2.29. The number of hydrogen-bond acceptors (Lipinski definition) is 5. The van der Waals surface area contributed by atoms with Crippen LogP contribution in [0.2, 0.25) is 0 Å². The maximum Gasteiger partial charge on any atom is 0.274 e. The van der Waals surface area contributed by atoms with E-state index in [-0.39, 0.29) is 11.5 Å². The van der Waals surface area contributed by atoms with E-state index in [1.54, 1.807) is 35.8 Å². The van der Waals surface area contributed by atoms with Crippen LogP contribution in [0.1, 0.15) is 47.4 Å². The largest absolute Gasteiger partial charge is 0.490 e. The third kappa shape index (κ3) is 5.72. The van der Waals surface area contributed by atoms with Gasteiger partial charge in [-0.25, -0.2) is 5.48 Å². The summed E-state index contributed by atoms with van der Waals surface area (Å²) in [6, 6.07) is 11.2. The molecular weight excluding hydrogens is 348 g/mol. The van der Waals surface area contributed by atoms with Crippen LogP contribution in [-0.4, -0.2) is 30.2 Å². The highest BCUT2D eigenvalue weighted by atomic mass is 16.5.